The highest BCUT2D eigenvalue weighted by Gasteiger charge is 2.20. The molecule has 1 unspecified atom stereocenters. The molecule has 0 rings (SSSR count). The smallest absolute Gasteiger partial charge is 0.303 e. The third kappa shape index (κ3) is 6.66. The molecular weight excluding hydrogens is 195 g/mol. The average Bonchev–Trinajstić information content (AvgIpc) is 1.81. The maximum Gasteiger partial charge on any atom is 0.469 e. The van der Waals surface area contributed by atoms with Gasteiger partial charge >= 0.3 is 7.82 Å². The number of ketones is 1. The molecule has 0 aromatic heterocycles. The summed E-state index contributed by atoms with van der Waals surface area (Å²) in [7, 11) is -4.49. The topological polar surface area (TPSA) is 83.8 Å². The van der Waals surface area contributed by atoms with E-state index in [0.717, 1.165) is 0 Å². The quantitative estimate of drug-likeness (QED) is 0.520. The van der Waals surface area contributed by atoms with Crippen LogP contribution in [0.1, 0.15) is 20.3 Å². The van der Waals surface area contributed by atoms with Gasteiger partial charge in [0.2, 0.25) is 0 Å². The van der Waals surface area contributed by atoms with Gasteiger partial charge in [0.25, 0.3) is 0 Å². The average molecular weight is 208 g/mol. The second kappa shape index (κ2) is 4.67. The van der Waals surface area contributed by atoms with Crippen LogP contribution < -0.4 is 0 Å². The lowest BCUT2D eigenvalue weighted by molar-refractivity contribution is -0.116. The van der Waals surface area contributed by atoms with Crippen LogP contribution in [-0.2, 0) is 13.9 Å². The van der Waals surface area contributed by atoms with Crippen LogP contribution in [0.3, 0.4) is 0 Å². The summed E-state index contributed by atoms with van der Waals surface area (Å²) in [6, 6.07) is 0. The van der Waals surface area contributed by atoms with Crippen molar-refractivity contribution in [3.8, 4) is 0 Å². The van der Waals surface area contributed by atoms with Gasteiger partial charge in [0.05, 0.1) is 6.10 Å². The number of allylic oxidation sites excluding steroid dienone is 1. The number of phosphoric ester groups is 1. The Hall–Kier alpha value is -0.480. The number of hydrogen-bond acceptors (Lipinski definition) is 3. The summed E-state index contributed by atoms with van der Waals surface area (Å²) < 4.78 is 14.6. The van der Waals surface area contributed by atoms with E-state index in [-0.39, 0.29) is 12.2 Å². The zero-order chi connectivity index (χ0) is 10.6. The van der Waals surface area contributed by atoms with Gasteiger partial charge in [0, 0.05) is 6.42 Å². The molecule has 0 aromatic carbocycles. The maximum atomic E-state index is 11.0. The molecule has 1 atom stereocenters. The van der Waals surface area contributed by atoms with Crippen LogP contribution in [0.2, 0.25) is 0 Å². The SMILES string of the molecule is C=C(C)C(=O)CC(C)OP(=O)(O)O. The molecule has 0 spiro atoms. The lowest BCUT2D eigenvalue weighted by atomic mass is 10.1. The predicted octanol–water partition coefficient (Wildman–Crippen LogP) is 1.02. The van der Waals surface area contributed by atoms with E-state index in [2.05, 4.69) is 11.1 Å². The van der Waals surface area contributed by atoms with E-state index >= 15 is 0 Å². The van der Waals surface area contributed by atoms with Crippen molar-refractivity contribution in [2.75, 3.05) is 0 Å². The molecule has 0 heterocycles. The van der Waals surface area contributed by atoms with Crippen molar-refractivity contribution in [2.24, 2.45) is 0 Å². The van der Waals surface area contributed by atoms with Crippen LogP contribution in [-0.4, -0.2) is 21.7 Å². The van der Waals surface area contributed by atoms with Crippen molar-refractivity contribution in [3.05, 3.63) is 12.2 Å². The molecule has 0 radical (unpaired) electrons. The van der Waals surface area contributed by atoms with Gasteiger partial charge in [-0.05, 0) is 19.4 Å². The molecule has 6 heteroatoms. The lowest BCUT2D eigenvalue weighted by Gasteiger charge is -2.12. The fourth-order valence-corrected chi connectivity index (χ4v) is 1.25. The molecule has 0 bridgehead atoms. The molecule has 0 saturated heterocycles. The van der Waals surface area contributed by atoms with Crippen molar-refractivity contribution in [2.45, 2.75) is 26.4 Å². The molecule has 0 aliphatic carbocycles. The van der Waals surface area contributed by atoms with Gasteiger partial charge in [0.1, 0.15) is 0 Å². The zero-order valence-corrected chi connectivity index (χ0v) is 8.45. The van der Waals surface area contributed by atoms with Crippen molar-refractivity contribution in [1.82, 2.24) is 0 Å². The number of rotatable bonds is 5. The monoisotopic (exact) mass is 208 g/mol. The first-order valence-corrected chi connectivity index (χ1v) is 5.18. The van der Waals surface area contributed by atoms with Crippen molar-refractivity contribution in [3.63, 3.8) is 0 Å². The van der Waals surface area contributed by atoms with Crippen LogP contribution in [0, 0.1) is 0 Å². The van der Waals surface area contributed by atoms with E-state index in [0.29, 0.717) is 5.57 Å². The number of hydrogen-bond donors (Lipinski definition) is 2. The molecule has 0 aliphatic rings. The Balaban J connectivity index is 4.03. The van der Waals surface area contributed by atoms with E-state index in [1.165, 1.54) is 13.8 Å². The molecule has 5 nitrogen and oxygen atoms in total. The minimum absolute atomic E-state index is 0.0690. The number of carbonyl (C=O) groups is 1. The summed E-state index contributed by atoms with van der Waals surface area (Å²) in [5, 5.41) is 0. The van der Waals surface area contributed by atoms with E-state index < -0.39 is 13.9 Å². The van der Waals surface area contributed by atoms with Crippen molar-refractivity contribution >= 4 is 13.6 Å². The minimum atomic E-state index is -4.49. The second-order valence-electron chi connectivity index (χ2n) is 2.81. The summed E-state index contributed by atoms with van der Waals surface area (Å²) >= 11 is 0. The van der Waals surface area contributed by atoms with Crippen molar-refractivity contribution < 1.29 is 23.7 Å². The Morgan fingerprint density at radius 2 is 2.08 bits per heavy atom. The third-order valence-electron chi connectivity index (χ3n) is 1.27. The fourth-order valence-electron chi connectivity index (χ4n) is 0.707. The number of carbonyl (C=O) groups excluding carboxylic acids is 1. The van der Waals surface area contributed by atoms with E-state index in [1.54, 1.807) is 0 Å². The van der Waals surface area contributed by atoms with E-state index in [1.807, 2.05) is 0 Å². The minimum Gasteiger partial charge on any atom is -0.303 e. The summed E-state index contributed by atoms with van der Waals surface area (Å²) in [4.78, 5) is 27.8. The Morgan fingerprint density at radius 1 is 1.62 bits per heavy atom. The standard InChI is InChI=1S/C7H13O5P/c1-5(2)7(8)4-6(3)12-13(9,10)11/h6H,1,4H2,2-3H3,(H2,9,10,11). The first kappa shape index (κ1) is 12.5. The summed E-state index contributed by atoms with van der Waals surface area (Å²) in [6.07, 6.45) is -0.870. The molecule has 2 N–H and O–H groups in total. The van der Waals surface area contributed by atoms with Crippen LogP contribution in [0.5, 0.6) is 0 Å². The first-order chi connectivity index (χ1) is 5.72. The summed E-state index contributed by atoms with van der Waals surface area (Å²) in [5.74, 6) is -0.263. The van der Waals surface area contributed by atoms with Crippen LogP contribution in [0.25, 0.3) is 0 Å². The molecule has 0 fully saturated rings. The highest BCUT2D eigenvalue weighted by atomic mass is 31.2. The molecule has 0 aliphatic heterocycles. The number of phosphoric acid groups is 1. The van der Waals surface area contributed by atoms with Gasteiger partial charge in [0.15, 0.2) is 5.78 Å². The normalized spacial score (nSPS) is 13.8. The third-order valence-corrected chi connectivity index (χ3v) is 1.90. The van der Waals surface area contributed by atoms with Crippen molar-refractivity contribution in [1.29, 1.82) is 0 Å². The highest BCUT2D eigenvalue weighted by Crippen LogP contribution is 2.38. The molecule has 13 heavy (non-hydrogen) atoms. The Kier molecular flexibility index (Phi) is 4.50. The summed E-state index contributed by atoms with van der Waals surface area (Å²) in [6.45, 7) is 6.36. The molecule has 76 valence electrons. The maximum absolute atomic E-state index is 11.0. The zero-order valence-electron chi connectivity index (χ0n) is 7.56. The molecular formula is C7H13O5P. The predicted molar refractivity (Wildman–Crippen MR) is 47.0 cm³/mol. The highest BCUT2D eigenvalue weighted by molar-refractivity contribution is 7.46. The van der Waals surface area contributed by atoms with Crippen LogP contribution in [0.15, 0.2) is 12.2 Å². The second-order valence-corrected chi connectivity index (χ2v) is 4.01. The largest absolute Gasteiger partial charge is 0.469 e. The van der Waals surface area contributed by atoms with Gasteiger partial charge in [-0.25, -0.2) is 4.57 Å². The van der Waals surface area contributed by atoms with Crippen LogP contribution in [0.4, 0.5) is 0 Å². The van der Waals surface area contributed by atoms with Gasteiger partial charge in [-0.15, -0.1) is 0 Å². The Morgan fingerprint density at radius 3 is 2.38 bits per heavy atom. The molecule has 0 amide bonds. The van der Waals surface area contributed by atoms with Gasteiger partial charge < -0.3 is 9.79 Å². The summed E-state index contributed by atoms with van der Waals surface area (Å²) in [5.41, 5.74) is 0.348. The number of Topliss-reactive ketones (excluding diaryl/α,β-unsaturated/α-hetero) is 1. The van der Waals surface area contributed by atoms with Gasteiger partial charge in [-0.2, -0.15) is 0 Å². The molecule has 0 aromatic rings. The van der Waals surface area contributed by atoms with Gasteiger partial charge in [-0.1, -0.05) is 6.58 Å². The molecule has 0 saturated carbocycles. The Labute approximate surface area is 76.7 Å². The first-order valence-electron chi connectivity index (χ1n) is 3.65. The Bertz CT molecular complexity index is 254. The van der Waals surface area contributed by atoms with Gasteiger partial charge in [-0.3, -0.25) is 9.32 Å². The lowest BCUT2D eigenvalue weighted by Crippen LogP contribution is -2.13. The van der Waals surface area contributed by atoms with E-state index in [9.17, 15) is 9.36 Å². The van der Waals surface area contributed by atoms with Crippen LogP contribution >= 0.6 is 7.82 Å². The fraction of sp³-hybridized carbons (Fsp3) is 0.571. The van der Waals surface area contributed by atoms with E-state index in [4.69, 9.17) is 9.79 Å².